The fourth-order valence-corrected chi connectivity index (χ4v) is 2.48. The van der Waals surface area contributed by atoms with Gasteiger partial charge < -0.3 is 9.80 Å². The largest absolute Gasteiger partial charge is 0.378 e. The summed E-state index contributed by atoms with van der Waals surface area (Å²) in [6.07, 6.45) is 0. The highest BCUT2D eigenvalue weighted by Gasteiger charge is 2.03. The summed E-state index contributed by atoms with van der Waals surface area (Å²) in [4.78, 5) is 6.59. The minimum absolute atomic E-state index is 0.961. The molecule has 0 aliphatic rings. The highest BCUT2D eigenvalue weighted by Crippen LogP contribution is 2.16. The minimum atomic E-state index is 0.961. The van der Waals surface area contributed by atoms with Gasteiger partial charge in [-0.15, -0.1) is 0 Å². The van der Waals surface area contributed by atoms with E-state index in [1.54, 1.807) is 0 Å². The number of benzene rings is 2. The van der Waals surface area contributed by atoms with Gasteiger partial charge >= 0.3 is 0 Å². The smallest absolute Gasteiger partial charge is 0.0361 e. The minimum Gasteiger partial charge on any atom is -0.378 e. The van der Waals surface area contributed by atoms with Gasteiger partial charge in [0.15, 0.2) is 0 Å². The second-order valence-corrected chi connectivity index (χ2v) is 6.29. The number of anilines is 2. The monoisotopic (exact) mass is 297 g/mol. The molecule has 0 saturated carbocycles. The summed E-state index contributed by atoms with van der Waals surface area (Å²) in [7, 11) is 10.4. The van der Waals surface area contributed by atoms with Crippen LogP contribution in [0.4, 0.5) is 11.4 Å². The Morgan fingerprint density at radius 2 is 0.864 bits per heavy atom. The molecule has 0 unspecified atom stereocenters. The summed E-state index contributed by atoms with van der Waals surface area (Å²) < 4.78 is 0. The van der Waals surface area contributed by atoms with E-state index >= 15 is 0 Å². The third-order valence-electron chi connectivity index (χ3n) is 3.81. The quantitative estimate of drug-likeness (QED) is 0.808. The molecule has 2 aromatic rings. The van der Waals surface area contributed by atoms with Crippen LogP contribution >= 0.6 is 0 Å². The highest BCUT2D eigenvalue weighted by atomic mass is 15.1. The fourth-order valence-electron chi connectivity index (χ4n) is 2.48. The summed E-state index contributed by atoms with van der Waals surface area (Å²) >= 11 is 0. The van der Waals surface area contributed by atoms with Crippen molar-refractivity contribution in [3.8, 4) is 0 Å². The number of nitrogens with zero attached hydrogens (tertiary/aromatic N) is 3. The SMILES string of the molecule is CN(Cc1ccc(N(C)C)cc1)Cc1ccc(N(C)C)cc1. The molecule has 2 rings (SSSR count). The second kappa shape index (κ2) is 7.32. The topological polar surface area (TPSA) is 9.72 Å². The fraction of sp³-hybridized carbons (Fsp3) is 0.368. The van der Waals surface area contributed by atoms with Crippen LogP contribution in [-0.4, -0.2) is 40.1 Å². The van der Waals surface area contributed by atoms with Gasteiger partial charge in [-0.2, -0.15) is 0 Å². The summed E-state index contributed by atoms with van der Waals surface area (Å²) in [6.45, 7) is 1.92. The van der Waals surface area contributed by atoms with Crippen molar-refractivity contribution in [2.75, 3.05) is 45.0 Å². The Morgan fingerprint density at radius 1 is 0.545 bits per heavy atom. The maximum Gasteiger partial charge on any atom is 0.0361 e. The average molecular weight is 297 g/mol. The molecule has 3 heteroatoms. The van der Waals surface area contributed by atoms with Crippen LogP contribution in [0, 0.1) is 0 Å². The first-order valence-corrected chi connectivity index (χ1v) is 7.67. The van der Waals surface area contributed by atoms with Gasteiger partial charge in [-0.1, -0.05) is 24.3 Å². The molecule has 0 aliphatic carbocycles. The number of hydrogen-bond donors (Lipinski definition) is 0. The summed E-state index contributed by atoms with van der Waals surface area (Å²) in [5.41, 5.74) is 5.17. The van der Waals surface area contributed by atoms with Crippen LogP contribution in [0.15, 0.2) is 48.5 Å². The van der Waals surface area contributed by atoms with Crippen LogP contribution in [0.1, 0.15) is 11.1 Å². The van der Waals surface area contributed by atoms with Crippen molar-refractivity contribution in [3.05, 3.63) is 59.7 Å². The number of rotatable bonds is 6. The van der Waals surface area contributed by atoms with Crippen LogP contribution in [0.5, 0.6) is 0 Å². The van der Waals surface area contributed by atoms with E-state index in [1.165, 1.54) is 22.5 Å². The van der Waals surface area contributed by atoms with E-state index in [4.69, 9.17) is 0 Å². The molecule has 0 fully saturated rings. The van der Waals surface area contributed by atoms with Gasteiger partial charge in [0.1, 0.15) is 0 Å². The van der Waals surface area contributed by atoms with Gasteiger partial charge in [0.05, 0.1) is 0 Å². The highest BCUT2D eigenvalue weighted by molar-refractivity contribution is 5.46. The molecular weight excluding hydrogens is 270 g/mol. The van der Waals surface area contributed by atoms with Gasteiger partial charge in [0.2, 0.25) is 0 Å². The summed E-state index contributed by atoms with van der Waals surface area (Å²) in [5.74, 6) is 0. The van der Waals surface area contributed by atoms with Crippen molar-refractivity contribution >= 4 is 11.4 Å². The Morgan fingerprint density at radius 3 is 1.14 bits per heavy atom. The lowest BCUT2D eigenvalue weighted by atomic mass is 10.1. The predicted octanol–water partition coefficient (Wildman–Crippen LogP) is 3.45. The lowest BCUT2D eigenvalue weighted by molar-refractivity contribution is 0.319. The molecule has 0 aliphatic heterocycles. The van der Waals surface area contributed by atoms with Crippen molar-refractivity contribution < 1.29 is 0 Å². The van der Waals surface area contributed by atoms with Crippen LogP contribution < -0.4 is 9.80 Å². The maximum atomic E-state index is 2.34. The van der Waals surface area contributed by atoms with Crippen molar-refractivity contribution in [3.63, 3.8) is 0 Å². The van der Waals surface area contributed by atoms with E-state index in [2.05, 4.69) is 98.5 Å². The molecule has 22 heavy (non-hydrogen) atoms. The molecule has 2 aromatic carbocycles. The lowest BCUT2D eigenvalue weighted by Crippen LogP contribution is -2.17. The zero-order valence-electron chi connectivity index (χ0n) is 14.4. The van der Waals surface area contributed by atoms with Crippen molar-refractivity contribution in [1.82, 2.24) is 4.90 Å². The van der Waals surface area contributed by atoms with E-state index < -0.39 is 0 Å². The molecule has 0 atom stereocenters. The maximum absolute atomic E-state index is 2.34. The van der Waals surface area contributed by atoms with Gasteiger partial charge in [-0.3, -0.25) is 4.90 Å². The van der Waals surface area contributed by atoms with Gasteiger partial charge in [0.25, 0.3) is 0 Å². The van der Waals surface area contributed by atoms with Crippen LogP contribution in [0.2, 0.25) is 0 Å². The van der Waals surface area contributed by atoms with Gasteiger partial charge in [-0.05, 0) is 42.4 Å². The predicted molar refractivity (Wildman–Crippen MR) is 96.7 cm³/mol. The molecule has 0 amide bonds. The van der Waals surface area contributed by atoms with Gasteiger partial charge in [0, 0.05) is 52.7 Å². The lowest BCUT2D eigenvalue weighted by Gasteiger charge is -2.19. The second-order valence-electron chi connectivity index (χ2n) is 6.29. The molecule has 118 valence electrons. The normalized spacial score (nSPS) is 10.8. The first-order chi connectivity index (χ1) is 10.5. The van der Waals surface area contributed by atoms with Crippen LogP contribution in [-0.2, 0) is 13.1 Å². The molecule has 0 N–H and O–H groups in total. The van der Waals surface area contributed by atoms with Crippen molar-refractivity contribution in [1.29, 1.82) is 0 Å². The Labute approximate surface area is 134 Å². The van der Waals surface area contributed by atoms with Crippen molar-refractivity contribution in [2.24, 2.45) is 0 Å². The van der Waals surface area contributed by atoms with Gasteiger partial charge in [-0.25, -0.2) is 0 Å². The molecule has 0 heterocycles. The molecule has 0 saturated heterocycles. The molecule has 0 radical (unpaired) electrons. The molecule has 0 aromatic heterocycles. The first-order valence-electron chi connectivity index (χ1n) is 7.67. The summed E-state index contributed by atoms with van der Waals surface area (Å²) in [6, 6.07) is 17.5. The van der Waals surface area contributed by atoms with Crippen molar-refractivity contribution in [2.45, 2.75) is 13.1 Å². The summed E-state index contributed by atoms with van der Waals surface area (Å²) in [5, 5.41) is 0. The Hall–Kier alpha value is -2.00. The van der Waals surface area contributed by atoms with Crippen LogP contribution in [0.25, 0.3) is 0 Å². The third kappa shape index (κ3) is 4.50. The van der Waals surface area contributed by atoms with E-state index in [9.17, 15) is 0 Å². The molecule has 0 bridgehead atoms. The Bertz CT molecular complexity index is 517. The Balaban J connectivity index is 1.93. The van der Waals surface area contributed by atoms with E-state index in [0.717, 1.165) is 13.1 Å². The average Bonchev–Trinajstić information content (AvgIpc) is 2.48. The molecule has 0 spiro atoms. The van der Waals surface area contributed by atoms with E-state index in [-0.39, 0.29) is 0 Å². The Kier molecular flexibility index (Phi) is 5.45. The number of hydrogen-bond acceptors (Lipinski definition) is 3. The molecular formula is C19H27N3. The first kappa shape index (κ1) is 16.4. The third-order valence-corrected chi connectivity index (χ3v) is 3.81. The standard InChI is InChI=1S/C19H27N3/c1-20(2)18-10-6-16(7-11-18)14-22(5)15-17-8-12-19(13-9-17)21(3)4/h6-13H,14-15H2,1-5H3. The van der Waals surface area contributed by atoms with E-state index in [0.29, 0.717) is 0 Å². The zero-order chi connectivity index (χ0) is 16.1. The van der Waals surface area contributed by atoms with Crippen LogP contribution in [0.3, 0.4) is 0 Å². The zero-order valence-corrected chi connectivity index (χ0v) is 14.4. The molecule has 3 nitrogen and oxygen atoms in total. The van der Waals surface area contributed by atoms with E-state index in [1.807, 2.05) is 0 Å².